The molecule has 21 heavy (non-hydrogen) atoms. The number of aryl methyl sites for hydroxylation is 1. The van der Waals surface area contributed by atoms with Gasteiger partial charge in [-0.3, -0.25) is 0 Å². The minimum Gasteiger partial charge on any atom is -0.508 e. The molecule has 0 aliphatic rings. The van der Waals surface area contributed by atoms with Gasteiger partial charge >= 0.3 is 0 Å². The lowest BCUT2D eigenvalue weighted by atomic mass is 10.1. The van der Waals surface area contributed by atoms with Crippen LogP contribution >= 0.6 is 0 Å². The number of fused-ring (bicyclic) bond motifs is 1. The maximum atomic E-state index is 9.73. The number of phenols is 1. The van der Waals surface area contributed by atoms with E-state index in [4.69, 9.17) is 4.98 Å². The molecule has 1 N–H and O–H groups in total. The number of para-hydroxylation sites is 2. The van der Waals surface area contributed by atoms with Crippen LogP contribution in [0.3, 0.4) is 0 Å². The van der Waals surface area contributed by atoms with E-state index >= 15 is 0 Å². The van der Waals surface area contributed by atoms with Crippen molar-refractivity contribution in [3.63, 3.8) is 0 Å². The molecule has 108 valence electrons. The molecule has 0 radical (unpaired) electrons. The van der Waals surface area contributed by atoms with Gasteiger partial charge in [-0.2, -0.15) is 0 Å². The van der Waals surface area contributed by atoms with Crippen LogP contribution in [-0.4, -0.2) is 14.7 Å². The van der Waals surface area contributed by atoms with Crippen LogP contribution in [0.5, 0.6) is 5.75 Å². The number of phenolic OH excluding ortho intramolecular Hbond substituents is 1. The highest BCUT2D eigenvalue weighted by Gasteiger charge is 2.22. The summed E-state index contributed by atoms with van der Waals surface area (Å²) < 4.78 is 2.26. The van der Waals surface area contributed by atoms with E-state index in [1.807, 2.05) is 37.3 Å². The van der Waals surface area contributed by atoms with E-state index in [9.17, 15) is 5.11 Å². The third-order valence-corrected chi connectivity index (χ3v) is 3.69. The molecule has 3 nitrogen and oxygen atoms in total. The van der Waals surface area contributed by atoms with Crippen molar-refractivity contribution >= 4 is 11.0 Å². The van der Waals surface area contributed by atoms with Crippen molar-refractivity contribution in [3.8, 4) is 17.1 Å². The van der Waals surface area contributed by atoms with E-state index < -0.39 is 0 Å². The maximum absolute atomic E-state index is 9.73. The van der Waals surface area contributed by atoms with Gasteiger partial charge in [0.05, 0.1) is 11.0 Å². The zero-order valence-electron chi connectivity index (χ0n) is 12.9. The second-order valence-corrected chi connectivity index (χ2v) is 6.43. The quantitative estimate of drug-likeness (QED) is 0.714. The van der Waals surface area contributed by atoms with E-state index in [1.165, 1.54) is 0 Å². The highest BCUT2D eigenvalue weighted by molar-refractivity contribution is 5.81. The molecular formula is C18H20N2O. The van der Waals surface area contributed by atoms with Crippen molar-refractivity contribution in [2.24, 2.45) is 0 Å². The zero-order valence-corrected chi connectivity index (χ0v) is 12.9. The topological polar surface area (TPSA) is 38.0 Å². The molecule has 3 aromatic rings. The largest absolute Gasteiger partial charge is 0.508 e. The number of aromatic hydroxyl groups is 1. The molecule has 0 aliphatic carbocycles. The van der Waals surface area contributed by atoms with Gasteiger partial charge in [-0.25, -0.2) is 4.98 Å². The van der Waals surface area contributed by atoms with Crippen LogP contribution in [0.1, 0.15) is 26.3 Å². The Bertz CT molecular complexity index is 810. The van der Waals surface area contributed by atoms with Crippen molar-refractivity contribution in [2.45, 2.75) is 33.2 Å². The second kappa shape index (κ2) is 4.62. The first kappa shape index (κ1) is 13.7. The van der Waals surface area contributed by atoms with Crippen LogP contribution < -0.4 is 0 Å². The van der Waals surface area contributed by atoms with Crippen molar-refractivity contribution < 1.29 is 5.11 Å². The maximum Gasteiger partial charge on any atom is 0.141 e. The van der Waals surface area contributed by atoms with Gasteiger partial charge in [0, 0.05) is 11.1 Å². The van der Waals surface area contributed by atoms with Crippen molar-refractivity contribution in [3.05, 3.63) is 48.0 Å². The lowest BCUT2D eigenvalue weighted by molar-refractivity contribution is 0.413. The molecule has 0 aliphatic heterocycles. The number of hydrogen-bond donors (Lipinski definition) is 1. The van der Waals surface area contributed by atoms with Crippen LogP contribution in [0.4, 0.5) is 0 Å². The Morgan fingerprint density at radius 3 is 2.43 bits per heavy atom. The first-order valence-electron chi connectivity index (χ1n) is 7.16. The van der Waals surface area contributed by atoms with Crippen molar-refractivity contribution in [1.82, 2.24) is 9.55 Å². The van der Waals surface area contributed by atoms with Gasteiger partial charge in [-0.1, -0.05) is 12.1 Å². The Morgan fingerprint density at radius 1 is 1.05 bits per heavy atom. The van der Waals surface area contributed by atoms with E-state index in [0.29, 0.717) is 5.75 Å². The van der Waals surface area contributed by atoms with Gasteiger partial charge in [0.25, 0.3) is 0 Å². The van der Waals surface area contributed by atoms with Crippen LogP contribution in [0.2, 0.25) is 0 Å². The molecule has 1 aromatic heterocycles. The smallest absolute Gasteiger partial charge is 0.141 e. The Labute approximate surface area is 124 Å². The summed E-state index contributed by atoms with van der Waals surface area (Å²) in [7, 11) is 0. The molecule has 3 rings (SSSR count). The molecule has 2 aromatic carbocycles. The van der Waals surface area contributed by atoms with Crippen molar-refractivity contribution in [2.75, 3.05) is 0 Å². The second-order valence-electron chi connectivity index (χ2n) is 6.43. The first-order chi connectivity index (χ1) is 9.88. The molecule has 3 heteroatoms. The fourth-order valence-electron chi connectivity index (χ4n) is 2.69. The third kappa shape index (κ3) is 2.29. The number of imidazole rings is 1. The molecule has 1 heterocycles. The Morgan fingerprint density at radius 2 is 1.76 bits per heavy atom. The van der Waals surface area contributed by atoms with Gasteiger partial charge in [-0.15, -0.1) is 0 Å². The number of nitrogens with zero attached hydrogens (tertiary/aromatic N) is 2. The summed E-state index contributed by atoms with van der Waals surface area (Å²) in [5.74, 6) is 1.25. The average molecular weight is 280 g/mol. The lowest BCUT2D eigenvalue weighted by Crippen LogP contribution is -2.22. The SMILES string of the molecule is Cc1cc(-c2nc3ccccc3n2C(C)(C)C)ccc1O. The predicted octanol–water partition coefficient (Wildman–Crippen LogP) is 4.47. The minimum atomic E-state index is -0.0722. The first-order valence-corrected chi connectivity index (χ1v) is 7.16. The third-order valence-electron chi connectivity index (χ3n) is 3.69. The van der Waals surface area contributed by atoms with Gasteiger partial charge in [0.2, 0.25) is 0 Å². The number of benzene rings is 2. The Balaban J connectivity index is 2.33. The minimum absolute atomic E-state index is 0.0722. The van der Waals surface area contributed by atoms with Gasteiger partial charge in [0.1, 0.15) is 11.6 Å². The van der Waals surface area contributed by atoms with Crippen LogP contribution in [0.15, 0.2) is 42.5 Å². The number of aromatic nitrogens is 2. The van der Waals surface area contributed by atoms with E-state index in [0.717, 1.165) is 28.0 Å². The van der Waals surface area contributed by atoms with E-state index in [1.54, 1.807) is 6.07 Å². The van der Waals surface area contributed by atoms with E-state index in [2.05, 4.69) is 31.4 Å². The summed E-state index contributed by atoms with van der Waals surface area (Å²) in [6.45, 7) is 8.44. The Hall–Kier alpha value is -2.29. The summed E-state index contributed by atoms with van der Waals surface area (Å²) >= 11 is 0. The predicted molar refractivity (Wildman–Crippen MR) is 86.6 cm³/mol. The molecule has 0 bridgehead atoms. The summed E-state index contributed by atoms with van der Waals surface area (Å²) in [5.41, 5.74) is 3.94. The summed E-state index contributed by atoms with van der Waals surface area (Å²) in [6, 6.07) is 13.8. The normalized spacial score (nSPS) is 12.0. The summed E-state index contributed by atoms with van der Waals surface area (Å²) in [5, 5.41) is 9.73. The van der Waals surface area contributed by atoms with Gasteiger partial charge < -0.3 is 9.67 Å². The highest BCUT2D eigenvalue weighted by atomic mass is 16.3. The van der Waals surface area contributed by atoms with Crippen LogP contribution in [-0.2, 0) is 5.54 Å². The van der Waals surface area contributed by atoms with Crippen LogP contribution in [0.25, 0.3) is 22.4 Å². The molecule has 0 amide bonds. The molecule has 0 unspecified atom stereocenters. The van der Waals surface area contributed by atoms with E-state index in [-0.39, 0.29) is 5.54 Å². The van der Waals surface area contributed by atoms with Crippen LogP contribution in [0, 0.1) is 6.92 Å². The molecule has 0 saturated carbocycles. The molecule has 0 fully saturated rings. The van der Waals surface area contributed by atoms with Gasteiger partial charge in [-0.05, 0) is 63.6 Å². The fourth-order valence-corrected chi connectivity index (χ4v) is 2.69. The summed E-state index contributed by atoms with van der Waals surface area (Å²) in [6.07, 6.45) is 0. The summed E-state index contributed by atoms with van der Waals surface area (Å²) in [4.78, 5) is 4.80. The monoisotopic (exact) mass is 280 g/mol. The van der Waals surface area contributed by atoms with Gasteiger partial charge in [0.15, 0.2) is 0 Å². The van der Waals surface area contributed by atoms with Crippen molar-refractivity contribution in [1.29, 1.82) is 0 Å². The Kier molecular flexibility index (Phi) is 3.01. The fraction of sp³-hybridized carbons (Fsp3) is 0.278. The lowest BCUT2D eigenvalue weighted by Gasteiger charge is -2.25. The molecule has 0 spiro atoms. The highest BCUT2D eigenvalue weighted by Crippen LogP contribution is 2.32. The number of rotatable bonds is 1. The molecule has 0 saturated heterocycles. The molecule has 0 atom stereocenters. The standard InChI is InChI=1S/C18H20N2O/c1-12-11-13(9-10-16(12)21)17-19-14-7-5-6-8-15(14)20(17)18(2,3)4/h5-11,21H,1-4H3. The number of hydrogen-bond acceptors (Lipinski definition) is 2. The average Bonchev–Trinajstić information content (AvgIpc) is 2.81. The zero-order chi connectivity index (χ0) is 15.2. The molecular weight excluding hydrogens is 260 g/mol.